The van der Waals surface area contributed by atoms with Crippen molar-refractivity contribution in [2.24, 2.45) is 0 Å². The molecule has 0 N–H and O–H groups in total. The number of ether oxygens (including phenoxy) is 2. The van der Waals surface area contributed by atoms with Gasteiger partial charge in [0.1, 0.15) is 5.75 Å². The fraction of sp³-hybridized carbons (Fsp3) is 0.462. The Morgan fingerprint density at radius 1 is 1.33 bits per heavy atom. The van der Waals surface area contributed by atoms with Gasteiger partial charge in [-0.25, -0.2) is 0 Å². The molecule has 0 bridgehead atoms. The van der Waals surface area contributed by atoms with E-state index in [9.17, 15) is 4.21 Å². The molecule has 0 heterocycles. The average Bonchev–Trinajstić information content (AvgIpc) is 2.24. The molecule has 2 radical (unpaired) electrons. The molecular formula is C13H18BO3S-. The molecule has 98 valence electrons. The van der Waals surface area contributed by atoms with Crippen LogP contribution in [0.15, 0.2) is 24.3 Å². The van der Waals surface area contributed by atoms with Crippen molar-refractivity contribution in [1.82, 2.24) is 0 Å². The van der Waals surface area contributed by atoms with Gasteiger partial charge in [-0.3, -0.25) is 10.4 Å². The second-order valence-electron chi connectivity index (χ2n) is 4.78. The van der Waals surface area contributed by atoms with Gasteiger partial charge in [0.05, 0.1) is 7.85 Å². The molecule has 0 saturated carbocycles. The summed E-state index contributed by atoms with van der Waals surface area (Å²) in [6, 6.07) is 7.33. The quantitative estimate of drug-likeness (QED) is 0.260. The SMILES string of the molecule is [B]C(C)(C)COCOc1ccc(C=[S-](C)=O)cc1. The number of rotatable bonds is 6. The van der Waals surface area contributed by atoms with E-state index in [0.717, 1.165) is 5.56 Å². The molecule has 5 heteroatoms. The predicted molar refractivity (Wildman–Crippen MR) is 76.8 cm³/mol. The van der Waals surface area contributed by atoms with Crippen molar-refractivity contribution in [3.8, 4) is 5.75 Å². The highest BCUT2D eigenvalue weighted by Crippen LogP contribution is 2.18. The van der Waals surface area contributed by atoms with Crippen LogP contribution in [0.4, 0.5) is 0 Å². The molecule has 18 heavy (non-hydrogen) atoms. The van der Waals surface area contributed by atoms with Gasteiger partial charge in [0.15, 0.2) is 6.79 Å². The van der Waals surface area contributed by atoms with Gasteiger partial charge in [-0.05, 0) is 23.0 Å². The smallest absolute Gasteiger partial charge is 0.189 e. The van der Waals surface area contributed by atoms with Crippen LogP contribution in [-0.2, 0) is 19.3 Å². The average molecular weight is 265 g/mol. The lowest BCUT2D eigenvalue weighted by Gasteiger charge is -2.18. The highest BCUT2D eigenvalue weighted by atomic mass is 32.2. The number of benzene rings is 1. The molecule has 0 saturated heterocycles. The maximum absolute atomic E-state index is 11.0. The van der Waals surface area contributed by atoms with E-state index in [2.05, 4.69) is 0 Å². The summed E-state index contributed by atoms with van der Waals surface area (Å²) in [5.74, 6) is 0.712. The van der Waals surface area contributed by atoms with Crippen molar-refractivity contribution >= 4 is 23.6 Å². The molecular weight excluding hydrogens is 247 g/mol. The van der Waals surface area contributed by atoms with E-state index in [1.54, 1.807) is 11.6 Å². The molecule has 3 nitrogen and oxygen atoms in total. The van der Waals surface area contributed by atoms with Crippen molar-refractivity contribution in [1.29, 1.82) is 0 Å². The molecule has 0 aromatic heterocycles. The second-order valence-corrected chi connectivity index (χ2v) is 6.02. The molecule has 0 aliphatic heterocycles. The zero-order valence-electron chi connectivity index (χ0n) is 11.0. The van der Waals surface area contributed by atoms with E-state index in [1.807, 2.05) is 38.1 Å². The lowest BCUT2D eigenvalue weighted by molar-refractivity contribution is 0.00569. The van der Waals surface area contributed by atoms with Gasteiger partial charge in [-0.1, -0.05) is 26.0 Å². The maximum atomic E-state index is 11.0. The fourth-order valence-corrected chi connectivity index (χ4v) is 1.79. The third kappa shape index (κ3) is 6.72. The molecule has 1 rings (SSSR count). The van der Waals surface area contributed by atoms with Gasteiger partial charge in [-0.15, -0.1) is 11.6 Å². The molecule has 0 spiro atoms. The van der Waals surface area contributed by atoms with Gasteiger partial charge >= 0.3 is 0 Å². The third-order valence-corrected chi connectivity index (χ3v) is 2.57. The molecule has 1 aromatic rings. The Bertz CT molecular complexity index is 442. The summed E-state index contributed by atoms with van der Waals surface area (Å²) in [4.78, 5) is 0. The zero-order valence-corrected chi connectivity index (χ0v) is 11.8. The Kier molecular flexibility index (Phi) is 5.76. The van der Waals surface area contributed by atoms with Gasteiger partial charge in [0, 0.05) is 6.61 Å². The van der Waals surface area contributed by atoms with Gasteiger partial charge in [-0.2, -0.15) is 0 Å². The topological polar surface area (TPSA) is 35.5 Å². The predicted octanol–water partition coefficient (Wildman–Crippen LogP) is 2.15. The fourth-order valence-electron chi connectivity index (χ4n) is 1.25. The van der Waals surface area contributed by atoms with Crippen LogP contribution >= 0.6 is 0 Å². The molecule has 1 aromatic carbocycles. The Labute approximate surface area is 112 Å². The van der Waals surface area contributed by atoms with E-state index in [4.69, 9.17) is 17.3 Å². The minimum Gasteiger partial charge on any atom is -0.468 e. The monoisotopic (exact) mass is 265 g/mol. The van der Waals surface area contributed by atoms with Crippen molar-refractivity contribution in [3.63, 3.8) is 0 Å². The normalized spacial score (nSPS) is 13.5. The van der Waals surface area contributed by atoms with Crippen molar-refractivity contribution in [2.75, 3.05) is 19.7 Å². The van der Waals surface area contributed by atoms with Gasteiger partial charge < -0.3 is 13.7 Å². The minimum atomic E-state index is -0.944. The summed E-state index contributed by atoms with van der Waals surface area (Å²) >= 11 is 0. The third-order valence-electron chi connectivity index (χ3n) is 1.97. The van der Waals surface area contributed by atoms with Crippen LogP contribution in [0.2, 0.25) is 5.31 Å². The van der Waals surface area contributed by atoms with E-state index >= 15 is 0 Å². The van der Waals surface area contributed by atoms with E-state index in [-0.39, 0.29) is 12.1 Å². The molecule has 0 aliphatic rings. The lowest BCUT2D eigenvalue weighted by Crippen LogP contribution is -2.14. The summed E-state index contributed by atoms with van der Waals surface area (Å²) in [5, 5.41) is 1.32. The van der Waals surface area contributed by atoms with Crippen molar-refractivity contribution in [2.45, 2.75) is 19.2 Å². The molecule has 0 fully saturated rings. The molecule has 0 atom stereocenters. The molecule has 0 unspecified atom stereocenters. The van der Waals surface area contributed by atoms with Crippen LogP contribution in [-0.4, -0.2) is 32.9 Å². The summed E-state index contributed by atoms with van der Waals surface area (Å²) in [5.41, 5.74) is 0.909. The van der Waals surface area contributed by atoms with Crippen LogP contribution in [0.5, 0.6) is 5.75 Å². The number of hydrogen-bond acceptors (Lipinski definition) is 4. The maximum Gasteiger partial charge on any atom is 0.189 e. The standard InChI is InChI=1S/C13H18BO3S/c1-13(2,14)9-16-10-17-12-6-4-11(5-7-12)8-18(3)15/h4-8H,9-10H2,1-3H3/q-1. The first kappa shape index (κ1) is 15.1. The molecule has 0 aliphatic carbocycles. The van der Waals surface area contributed by atoms with E-state index in [1.165, 1.54) is 0 Å². The zero-order chi connectivity index (χ0) is 13.6. The van der Waals surface area contributed by atoms with E-state index in [0.29, 0.717) is 12.4 Å². The largest absolute Gasteiger partial charge is 0.468 e. The van der Waals surface area contributed by atoms with Crippen molar-refractivity contribution < 1.29 is 13.7 Å². The Balaban J connectivity index is 2.40. The molecule has 0 amide bonds. The Hall–Kier alpha value is -0.935. The van der Waals surface area contributed by atoms with Crippen LogP contribution in [0, 0.1) is 0 Å². The van der Waals surface area contributed by atoms with Crippen LogP contribution < -0.4 is 4.74 Å². The lowest BCUT2D eigenvalue weighted by atomic mass is 9.73. The highest BCUT2D eigenvalue weighted by molar-refractivity contribution is 7.83. The van der Waals surface area contributed by atoms with Crippen LogP contribution in [0.25, 0.3) is 0 Å². The number of hydrogen-bond donors (Lipinski definition) is 0. The summed E-state index contributed by atoms with van der Waals surface area (Å²) < 4.78 is 21.7. The Morgan fingerprint density at radius 3 is 2.44 bits per heavy atom. The summed E-state index contributed by atoms with van der Waals surface area (Å²) in [6.07, 6.45) is 1.63. The first-order valence-electron chi connectivity index (χ1n) is 5.63. The Morgan fingerprint density at radius 2 is 1.94 bits per heavy atom. The van der Waals surface area contributed by atoms with Crippen LogP contribution in [0.1, 0.15) is 19.4 Å². The first-order chi connectivity index (χ1) is 8.37. The van der Waals surface area contributed by atoms with Crippen molar-refractivity contribution in [3.05, 3.63) is 29.8 Å². The summed E-state index contributed by atoms with van der Waals surface area (Å²) in [6.45, 7) is 4.39. The van der Waals surface area contributed by atoms with Crippen LogP contribution in [0.3, 0.4) is 0 Å². The first-order valence-corrected chi connectivity index (χ1v) is 7.25. The highest BCUT2D eigenvalue weighted by Gasteiger charge is 2.09. The summed E-state index contributed by atoms with van der Waals surface area (Å²) in [7, 11) is 4.82. The van der Waals surface area contributed by atoms with E-state index < -0.39 is 10.4 Å². The van der Waals surface area contributed by atoms with Gasteiger partial charge in [0.2, 0.25) is 0 Å². The second kappa shape index (κ2) is 6.85. The van der Waals surface area contributed by atoms with Gasteiger partial charge in [0.25, 0.3) is 0 Å². The minimum absolute atomic E-state index is 0.170.